The lowest BCUT2D eigenvalue weighted by Crippen LogP contribution is -1.96. The molecule has 0 spiro atoms. The summed E-state index contributed by atoms with van der Waals surface area (Å²) in [5, 5.41) is 2.12. The number of aryl methyl sites for hydroxylation is 2. The van der Waals surface area contributed by atoms with Gasteiger partial charge < -0.3 is 18.1 Å². The Hall–Kier alpha value is -3.78. The fraction of sp³-hybridized carbons (Fsp3) is 0.533. The first kappa shape index (κ1) is 61.2. The molecule has 67 heavy (non-hydrogen) atoms. The van der Waals surface area contributed by atoms with E-state index in [-0.39, 0.29) is 0 Å². The average Bonchev–Trinajstić information content (AvgIpc) is 4.11. The van der Waals surface area contributed by atoms with Gasteiger partial charge in [-0.25, -0.2) is 0 Å². The van der Waals surface area contributed by atoms with Gasteiger partial charge in [0.05, 0.1) is 0 Å². The van der Waals surface area contributed by atoms with E-state index in [4.69, 9.17) is 4.42 Å². The molecule has 374 valence electrons. The molecule has 0 saturated carbocycles. The molecular formula is C60H95N3OS3. The summed E-state index contributed by atoms with van der Waals surface area (Å²) in [6, 6.07) is 27.5. The molecule has 0 aliphatic carbocycles. The lowest BCUT2D eigenvalue weighted by atomic mass is 10.1. The zero-order valence-corrected chi connectivity index (χ0v) is 48.7. The molecular weight excluding hydrogens is 875 g/mol. The Bertz CT molecular complexity index is 1940. The third kappa shape index (κ3) is 24.9. The molecule has 0 fully saturated rings. The van der Waals surface area contributed by atoms with Crippen LogP contribution < -0.4 is 0 Å². The van der Waals surface area contributed by atoms with Gasteiger partial charge in [-0.1, -0.05) is 103 Å². The first-order valence-electron chi connectivity index (χ1n) is 25.1. The van der Waals surface area contributed by atoms with Crippen molar-refractivity contribution in [1.29, 1.82) is 0 Å². The average molecular weight is 971 g/mol. The molecule has 4 nitrogen and oxygen atoms in total. The number of nitrogens with zero attached hydrogens (tertiary/aromatic N) is 3. The van der Waals surface area contributed by atoms with Crippen molar-refractivity contribution in [3.05, 3.63) is 162 Å². The molecule has 0 radical (unpaired) electrons. The molecule has 0 amide bonds. The van der Waals surface area contributed by atoms with E-state index >= 15 is 0 Å². The number of aromatic nitrogens is 3. The summed E-state index contributed by atoms with van der Waals surface area (Å²) >= 11 is 5.68. The minimum absolute atomic E-state index is 0.502. The van der Waals surface area contributed by atoms with Crippen LogP contribution in [0.1, 0.15) is 245 Å². The maximum atomic E-state index is 5.61. The molecule has 0 atom stereocenters. The normalized spacial score (nSPS) is 11.0. The first-order valence-corrected chi connectivity index (χ1v) is 27.6. The molecule has 7 rings (SSSR count). The smallest absolute Gasteiger partial charge is 0.106 e. The van der Waals surface area contributed by atoms with Crippen LogP contribution in [-0.2, 0) is 0 Å². The van der Waals surface area contributed by atoms with Crippen LogP contribution in [0.25, 0.3) is 0 Å². The Morgan fingerprint density at radius 3 is 1.03 bits per heavy atom. The Kier molecular flexibility index (Phi) is 29.3. The van der Waals surface area contributed by atoms with Crippen LogP contribution in [0.4, 0.5) is 0 Å². The fourth-order valence-corrected chi connectivity index (χ4v) is 8.63. The molecule has 7 aromatic rings. The predicted molar refractivity (Wildman–Crippen MR) is 304 cm³/mol. The highest BCUT2D eigenvalue weighted by molar-refractivity contribution is 7.12. The van der Waals surface area contributed by atoms with Gasteiger partial charge in [-0.2, -0.15) is 0 Å². The van der Waals surface area contributed by atoms with E-state index in [1.165, 1.54) is 35.5 Å². The van der Waals surface area contributed by atoms with E-state index in [1.807, 2.05) is 46.1 Å². The van der Waals surface area contributed by atoms with Crippen LogP contribution in [0.5, 0.6) is 0 Å². The Balaban J connectivity index is 0.000000392. The number of rotatable bonds is 10. The van der Waals surface area contributed by atoms with E-state index in [2.05, 4.69) is 269 Å². The standard InChI is InChI=1S/C10H17N.C10H16O.C10H16S.C8H13N.C8H12S.C7H11N.C7H10S/c1-8(2)10-5-6-11(7-10)9(3)4;2*1-7(2)9-5-6-10(11-9)8(3)4;1-7(2)9-5-4-8(3)6-9;1-6(2)8-5-4-7(3)9-8;1-7(2)8-5-3-4-6-8;1-6(2)7-4-3-5-8-7/h5-9H,1-4H3;2*5-8H,1-4H3;4-7H,1-3H3;4-6H,1-3H3;3-7H,1-2H3;3-6H,1-2H3. The van der Waals surface area contributed by atoms with Crippen LogP contribution in [0.2, 0.25) is 0 Å². The quantitative estimate of drug-likeness (QED) is 0.134. The van der Waals surface area contributed by atoms with Crippen LogP contribution >= 0.6 is 34.0 Å². The SMILES string of the molecule is CC(C)c1ccc(C(C)C)o1.CC(C)c1ccc(C(C)C)s1.CC(C)c1cccs1.CC(C)c1ccn(C(C)C)c1.CC(C)n1cccc1.Cc1ccc(C(C)C)s1.Cc1ccn(C(C)C)c1. The van der Waals surface area contributed by atoms with Gasteiger partial charge in [0, 0.05) is 91.5 Å². The second kappa shape index (κ2) is 32.1. The molecule has 0 aliphatic heterocycles. The van der Waals surface area contributed by atoms with Crippen molar-refractivity contribution in [2.75, 3.05) is 0 Å². The van der Waals surface area contributed by atoms with Crippen molar-refractivity contribution < 1.29 is 4.42 Å². The number of furan rings is 1. The van der Waals surface area contributed by atoms with Crippen LogP contribution in [0.3, 0.4) is 0 Å². The van der Waals surface area contributed by atoms with Crippen molar-refractivity contribution in [2.45, 2.75) is 212 Å². The van der Waals surface area contributed by atoms with Gasteiger partial charge in [-0.15, -0.1) is 34.0 Å². The lowest BCUT2D eigenvalue weighted by molar-refractivity contribution is 0.432. The van der Waals surface area contributed by atoms with Crippen LogP contribution in [-0.4, -0.2) is 13.7 Å². The van der Waals surface area contributed by atoms with Crippen LogP contribution in [0, 0.1) is 13.8 Å². The van der Waals surface area contributed by atoms with E-state index in [9.17, 15) is 0 Å². The van der Waals surface area contributed by atoms with E-state index in [0.717, 1.165) is 11.5 Å². The Morgan fingerprint density at radius 1 is 0.373 bits per heavy atom. The van der Waals surface area contributed by atoms with Crippen molar-refractivity contribution in [3.8, 4) is 0 Å². The molecule has 0 bridgehead atoms. The minimum atomic E-state index is 0.502. The Morgan fingerprint density at radius 2 is 0.806 bits per heavy atom. The van der Waals surface area contributed by atoms with E-state index in [1.54, 1.807) is 0 Å². The third-order valence-corrected chi connectivity index (χ3v) is 14.9. The van der Waals surface area contributed by atoms with Crippen molar-refractivity contribution in [1.82, 2.24) is 13.7 Å². The largest absolute Gasteiger partial charge is 0.466 e. The van der Waals surface area contributed by atoms with Crippen molar-refractivity contribution >= 4 is 34.0 Å². The topological polar surface area (TPSA) is 27.9 Å². The molecule has 7 aromatic heterocycles. The third-order valence-electron chi connectivity index (χ3n) is 10.7. The Labute approximate surface area is 423 Å². The highest BCUT2D eigenvalue weighted by atomic mass is 32.1. The number of hydrogen-bond donors (Lipinski definition) is 0. The number of hydrogen-bond acceptors (Lipinski definition) is 4. The summed E-state index contributed by atoms with van der Waals surface area (Å²) in [5.74, 6) is 6.61. The van der Waals surface area contributed by atoms with Gasteiger partial charge in [0.25, 0.3) is 0 Å². The van der Waals surface area contributed by atoms with Gasteiger partial charge in [0.2, 0.25) is 0 Å². The molecule has 7 heteroatoms. The van der Waals surface area contributed by atoms with Gasteiger partial charge >= 0.3 is 0 Å². The van der Waals surface area contributed by atoms with Crippen LogP contribution in [0.15, 0.2) is 120 Å². The molecule has 0 aliphatic rings. The maximum absolute atomic E-state index is 5.61. The summed E-state index contributed by atoms with van der Waals surface area (Å²) in [5.41, 5.74) is 2.77. The number of thiophene rings is 3. The molecule has 7 heterocycles. The zero-order valence-electron chi connectivity index (χ0n) is 46.2. The van der Waals surface area contributed by atoms with Gasteiger partial charge in [-0.05, 0) is 168 Å². The minimum Gasteiger partial charge on any atom is -0.466 e. The summed E-state index contributed by atoms with van der Waals surface area (Å²) in [6.07, 6.45) is 12.8. The summed E-state index contributed by atoms with van der Waals surface area (Å²) in [6.45, 7) is 48.2. The first-order chi connectivity index (χ1) is 31.3. The lowest BCUT2D eigenvalue weighted by Gasteiger charge is -2.06. The molecule has 0 saturated heterocycles. The summed E-state index contributed by atoms with van der Waals surface area (Å²) in [4.78, 5) is 7.40. The van der Waals surface area contributed by atoms with Crippen molar-refractivity contribution in [2.24, 2.45) is 0 Å². The van der Waals surface area contributed by atoms with Gasteiger partial charge in [0.15, 0.2) is 0 Å². The van der Waals surface area contributed by atoms with Gasteiger partial charge in [-0.3, -0.25) is 0 Å². The molecule has 0 aromatic carbocycles. The summed E-state index contributed by atoms with van der Waals surface area (Å²) in [7, 11) is 0. The fourth-order valence-electron chi connectivity index (χ4n) is 5.99. The zero-order chi connectivity index (χ0) is 51.0. The van der Waals surface area contributed by atoms with Crippen molar-refractivity contribution in [3.63, 3.8) is 0 Å². The second-order valence-corrected chi connectivity index (χ2v) is 23.9. The predicted octanol–water partition coefficient (Wildman–Crippen LogP) is 21.2. The molecule has 0 unspecified atom stereocenters. The van der Waals surface area contributed by atoms with E-state index < -0.39 is 0 Å². The highest BCUT2D eigenvalue weighted by Gasteiger charge is 2.08. The highest BCUT2D eigenvalue weighted by Crippen LogP contribution is 2.29. The maximum Gasteiger partial charge on any atom is 0.106 e. The van der Waals surface area contributed by atoms with Gasteiger partial charge in [0.1, 0.15) is 11.5 Å². The summed E-state index contributed by atoms with van der Waals surface area (Å²) < 4.78 is 12.2. The van der Waals surface area contributed by atoms with E-state index in [0.29, 0.717) is 59.6 Å². The molecule has 0 N–H and O–H groups in total. The second-order valence-electron chi connectivity index (χ2n) is 20.5. The monoisotopic (exact) mass is 970 g/mol.